The molecular formula is C10H11N2OTl. The van der Waals surface area contributed by atoms with Gasteiger partial charge in [0.1, 0.15) is 0 Å². The van der Waals surface area contributed by atoms with Gasteiger partial charge in [0.2, 0.25) is 0 Å². The summed E-state index contributed by atoms with van der Waals surface area (Å²) in [6.07, 6.45) is 4.08. The van der Waals surface area contributed by atoms with Crippen LogP contribution in [0.25, 0.3) is 0 Å². The second kappa shape index (κ2) is 5.92. The molecule has 1 atom stereocenters. The van der Waals surface area contributed by atoms with Crippen molar-refractivity contribution in [1.82, 2.24) is 2.71 Å². The van der Waals surface area contributed by atoms with Crippen molar-refractivity contribution >= 4 is 32.4 Å². The van der Waals surface area contributed by atoms with Crippen molar-refractivity contribution in [2.75, 3.05) is 0 Å². The van der Waals surface area contributed by atoms with Crippen LogP contribution < -0.4 is 0 Å². The predicted molar refractivity (Wildman–Crippen MR) is 56.9 cm³/mol. The summed E-state index contributed by atoms with van der Waals surface area (Å²) < 4.78 is 1.73. The Hall–Kier alpha value is -0.688. The van der Waals surface area contributed by atoms with Crippen LogP contribution in [0.1, 0.15) is 11.7 Å². The van der Waals surface area contributed by atoms with Crippen LogP contribution in [0.5, 0.6) is 0 Å². The normalized spacial score (nSPS) is 12.6. The van der Waals surface area contributed by atoms with E-state index in [-0.39, 0.29) is 0 Å². The van der Waals surface area contributed by atoms with Crippen molar-refractivity contribution in [2.24, 2.45) is 0 Å². The molecule has 0 aliphatic heterocycles. The molecule has 0 saturated heterocycles. The van der Waals surface area contributed by atoms with Gasteiger partial charge in [0.15, 0.2) is 0 Å². The van der Waals surface area contributed by atoms with Crippen LogP contribution in [-0.4, -0.2) is 40.2 Å². The molecule has 1 rings (SSSR count). The van der Waals surface area contributed by atoms with Gasteiger partial charge in [-0.05, 0) is 0 Å². The van der Waals surface area contributed by atoms with Gasteiger partial charge in [-0.25, -0.2) is 0 Å². The fraction of sp³-hybridized carbons (Fsp3) is 0.100. The summed E-state index contributed by atoms with van der Waals surface area (Å²) in [7, 11) is 0. The third-order valence-corrected chi connectivity index (χ3v) is 2.98. The van der Waals surface area contributed by atoms with Crippen LogP contribution in [0, 0.1) is 5.41 Å². The molecule has 70 valence electrons. The summed E-state index contributed by atoms with van der Waals surface area (Å²) in [4.78, 5) is 0. The number of aliphatic hydroxyl groups excluding tert-OH is 1. The minimum atomic E-state index is -0.586. The second-order valence-electron chi connectivity index (χ2n) is 2.77. The molecule has 0 saturated carbocycles. The molecule has 1 aromatic rings. The van der Waals surface area contributed by atoms with E-state index in [1.54, 1.807) is 15.0 Å². The van der Waals surface area contributed by atoms with Crippen LogP contribution in [-0.2, 0) is 0 Å². The molecule has 4 heteroatoms. The van der Waals surface area contributed by atoms with E-state index in [1.807, 2.05) is 30.3 Å². The van der Waals surface area contributed by atoms with E-state index in [0.717, 1.165) is 5.56 Å². The molecule has 0 aliphatic carbocycles. The molecule has 3 nitrogen and oxygen atoms in total. The Bertz CT molecular complexity index is 313. The summed E-state index contributed by atoms with van der Waals surface area (Å²) in [5, 5.41) is 16.7. The number of aliphatic hydroxyl groups is 1. The third-order valence-electron chi connectivity index (χ3n) is 1.73. The van der Waals surface area contributed by atoms with Crippen LogP contribution >= 0.6 is 0 Å². The van der Waals surface area contributed by atoms with Gasteiger partial charge in [0.25, 0.3) is 0 Å². The van der Waals surface area contributed by atoms with Gasteiger partial charge < -0.3 is 0 Å². The summed E-state index contributed by atoms with van der Waals surface area (Å²) in [5.41, 5.74) is 0.868. The molecule has 0 bridgehead atoms. The number of nitrogens with zero attached hydrogens (tertiary/aromatic N) is 1. The molecule has 1 unspecified atom stereocenters. The van der Waals surface area contributed by atoms with Crippen molar-refractivity contribution in [3.05, 3.63) is 48.2 Å². The van der Waals surface area contributed by atoms with Crippen molar-refractivity contribution in [2.45, 2.75) is 6.10 Å². The van der Waals surface area contributed by atoms with Crippen molar-refractivity contribution in [3.63, 3.8) is 0 Å². The molecule has 0 amide bonds. The first-order chi connectivity index (χ1) is 6.74. The minimum absolute atomic E-state index is 0.553. The maximum absolute atomic E-state index is 9.69. The summed E-state index contributed by atoms with van der Waals surface area (Å²) in [6.45, 7) is 0. The molecule has 0 spiro atoms. The summed E-state index contributed by atoms with van der Waals surface area (Å²) >= 11 is 0.553. The summed E-state index contributed by atoms with van der Waals surface area (Å²) in [5.74, 6) is 0. The van der Waals surface area contributed by atoms with Gasteiger partial charge in [-0.3, -0.25) is 0 Å². The number of nitrogens with one attached hydrogen (secondary N) is 1. The van der Waals surface area contributed by atoms with Crippen LogP contribution in [0.2, 0.25) is 0 Å². The van der Waals surface area contributed by atoms with E-state index in [4.69, 9.17) is 5.41 Å². The standard InChI is InChI=1S/C10H11N2O.Tl/c11-8-12-7-6-10(13)9-4-2-1-3-5-9;/h1-8,10,13H,(H-,11,12);/q-1;+1/b7-6+;. The van der Waals surface area contributed by atoms with Crippen LogP contribution in [0.15, 0.2) is 42.6 Å². The monoisotopic (exact) mass is 380 g/mol. The molecule has 0 heterocycles. The third kappa shape index (κ3) is 3.59. The van der Waals surface area contributed by atoms with E-state index in [0.29, 0.717) is 26.1 Å². The first-order valence-corrected chi connectivity index (χ1v) is 6.19. The average molecular weight is 380 g/mol. The molecule has 0 fully saturated rings. The Morgan fingerprint density at radius 2 is 2.00 bits per heavy atom. The van der Waals surface area contributed by atoms with Crippen LogP contribution in [0.4, 0.5) is 0 Å². The molecule has 14 heavy (non-hydrogen) atoms. The number of benzene rings is 1. The Labute approximate surface area is 99.7 Å². The van der Waals surface area contributed by atoms with Gasteiger partial charge in [-0.1, -0.05) is 0 Å². The number of hydrogen-bond acceptors (Lipinski definition) is 2. The Balaban J connectivity index is 2.63. The van der Waals surface area contributed by atoms with Crippen LogP contribution in [0.3, 0.4) is 0 Å². The summed E-state index contributed by atoms with van der Waals surface area (Å²) in [6, 6.07) is 9.45. The van der Waals surface area contributed by atoms with E-state index in [1.165, 1.54) is 6.34 Å². The maximum atomic E-state index is 9.69. The van der Waals surface area contributed by atoms with E-state index in [9.17, 15) is 5.11 Å². The Morgan fingerprint density at radius 3 is 2.57 bits per heavy atom. The topological polar surface area (TPSA) is 47.3 Å². The zero-order chi connectivity index (χ0) is 10.4. The SMILES string of the molecule is N=C[N]([Tl])/C=C/C(O)c1ccccc1. The molecule has 1 aromatic carbocycles. The Kier molecular flexibility index (Phi) is 4.82. The van der Waals surface area contributed by atoms with Crippen molar-refractivity contribution in [3.8, 4) is 0 Å². The van der Waals surface area contributed by atoms with E-state index >= 15 is 0 Å². The van der Waals surface area contributed by atoms with Gasteiger partial charge in [-0.15, -0.1) is 0 Å². The molecular weight excluding hydrogens is 369 g/mol. The van der Waals surface area contributed by atoms with E-state index in [2.05, 4.69) is 0 Å². The zero-order valence-corrected chi connectivity index (χ0v) is 12.2. The van der Waals surface area contributed by atoms with Crippen molar-refractivity contribution in [1.29, 1.82) is 5.41 Å². The number of rotatable bonds is 4. The fourth-order valence-corrected chi connectivity index (χ4v) is 1.37. The quantitative estimate of drug-likeness (QED) is 0.470. The average Bonchev–Trinajstić information content (AvgIpc) is 2.26. The van der Waals surface area contributed by atoms with Gasteiger partial charge >= 0.3 is 99.9 Å². The molecule has 0 aliphatic rings. The van der Waals surface area contributed by atoms with Crippen molar-refractivity contribution < 1.29 is 5.11 Å². The molecule has 0 radical (unpaired) electrons. The van der Waals surface area contributed by atoms with Gasteiger partial charge in [0.05, 0.1) is 0 Å². The van der Waals surface area contributed by atoms with E-state index < -0.39 is 6.10 Å². The fourth-order valence-electron chi connectivity index (χ4n) is 0.985. The zero-order valence-electron chi connectivity index (χ0n) is 7.67. The molecule has 2 N–H and O–H groups in total. The van der Waals surface area contributed by atoms with Gasteiger partial charge in [-0.2, -0.15) is 0 Å². The first-order valence-electron chi connectivity index (χ1n) is 4.19. The van der Waals surface area contributed by atoms with Gasteiger partial charge in [0, 0.05) is 0 Å². The predicted octanol–water partition coefficient (Wildman–Crippen LogP) is 1.23. The second-order valence-corrected chi connectivity index (χ2v) is 5.09. The first kappa shape index (κ1) is 11.4. The Morgan fingerprint density at radius 1 is 1.36 bits per heavy atom. The number of hydrogen-bond donors (Lipinski definition) is 2. The molecule has 0 aromatic heterocycles.